The second-order valence-electron chi connectivity index (χ2n) is 2.12. The minimum atomic E-state index is 0.0894. The molecule has 0 radical (unpaired) electrons. The molecule has 0 amide bonds. The smallest absolute Gasteiger partial charge is 0.121 e. The molecular weight excluding hydrogens is 140 g/mol. The SMILES string of the molecule is N#Cc1cccc(O)c1CN. The van der Waals surface area contributed by atoms with Crippen molar-refractivity contribution in [2.24, 2.45) is 5.73 Å². The molecule has 0 aliphatic carbocycles. The summed E-state index contributed by atoms with van der Waals surface area (Å²) in [7, 11) is 0. The molecule has 56 valence electrons. The molecule has 0 aliphatic rings. The van der Waals surface area contributed by atoms with Crippen LogP contribution in [0.1, 0.15) is 11.1 Å². The zero-order valence-electron chi connectivity index (χ0n) is 5.91. The maximum atomic E-state index is 9.19. The Kier molecular flexibility index (Phi) is 2.09. The lowest BCUT2D eigenvalue weighted by molar-refractivity contribution is 0.468. The predicted molar refractivity (Wildman–Crippen MR) is 40.7 cm³/mol. The van der Waals surface area contributed by atoms with Crippen LogP contribution in [0.2, 0.25) is 0 Å². The molecule has 3 nitrogen and oxygen atoms in total. The van der Waals surface area contributed by atoms with Crippen LogP contribution in [0.15, 0.2) is 18.2 Å². The lowest BCUT2D eigenvalue weighted by Gasteiger charge is -2.01. The van der Waals surface area contributed by atoms with Gasteiger partial charge in [-0.05, 0) is 12.1 Å². The lowest BCUT2D eigenvalue weighted by atomic mass is 10.1. The Morgan fingerprint density at radius 1 is 1.55 bits per heavy atom. The van der Waals surface area contributed by atoms with E-state index in [1.807, 2.05) is 6.07 Å². The van der Waals surface area contributed by atoms with Crippen molar-refractivity contribution in [3.8, 4) is 11.8 Å². The monoisotopic (exact) mass is 148 g/mol. The number of nitrogens with two attached hydrogens (primary N) is 1. The second kappa shape index (κ2) is 3.04. The second-order valence-corrected chi connectivity index (χ2v) is 2.12. The molecule has 0 unspecified atom stereocenters. The van der Waals surface area contributed by atoms with Crippen molar-refractivity contribution in [1.82, 2.24) is 0 Å². The van der Waals surface area contributed by atoms with Crippen molar-refractivity contribution in [3.63, 3.8) is 0 Å². The quantitative estimate of drug-likeness (QED) is 0.616. The average molecular weight is 148 g/mol. The Morgan fingerprint density at radius 2 is 2.27 bits per heavy atom. The van der Waals surface area contributed by atoms with Gasteiger partial charge in [-0.15, -0.1) is 0 Å². The van der Waals surface area contributed by atoms with Gasteiger partial charge in [-0.3, -0.25) is 0 Å². The summed E-state index contributed by atoms with van der Waals surface area (Å²) in [5, 5.41) is 17.7. The number of phenols is 1. The van der Waals surface area contributed by atoms with Gasteiger partial charge < -0.3 is 10.8 Å². The van der Waals surface area contributed by atoms with Crippen LogP contribution in [0.4, 0.5) is 0 Å². The van der Waals surface area contributed by atoms with E-state index in [9.17, 15) is 5.11 Å². The van der Waals surface area contributed by atoms with Gasteiger partial charge in [0.1, 0.15) is 5.75 Å². The number of rotatable bonds is 1. The van der Waals surface area contributed by atoms with Crippen molar-refractivity contribution in [1.29, 1.82) is 5.26 Å². The zero-order chi connectivity index (χ0) is 8.27. The first kappa shape index (κ1) is 7.58. The summed E-state index contributed by atoms with van der Waals surface area (Å²) in [6, 6.07) is 6.71. The third kappa shape index (κ3) is 1.31. The first-order valence-electron chi connectivity index (χ1n) is 3.20. The summed E-state index contributed by atoms with van der Waals surface area (Å²) in [6.45, 7) is 0.190. The summed E-state index contributed by atoms with van der Waals surface area (Å²) in [5.41, 5.74) is 6.26. The van der Waals surface area contributed by atoms with E-state index in [4.69, 9.17) is 11.0 Å². The van der Waals surface area contributed by atoms with Gasteiger partial charge in [0.05, 0.1) is 11.6 Å². The van der Waals surface area contributed by atoms with Crippen molar-refractivity contribution in [2.75, 3.05) is 0 Å². The number of hydrogen-bond acceptors (Lipinski definition) is 3. The normalized spacial score (nSPS) is 9.09. The molecule has 3 N–H and O–H groups in total. The van der Waals surface area contributed by atoms with Crippen LogP contribution < -0.4 is 5.73 Å². The first-order chi connectivity index (χ1) is 5.29. The van der Waals surface area contributed by atoms with Gasteiger partial charge >= 0.3 is 0 Å². The van der Waals surface area contributed by atoms with E-state index in [0.717, 1.165) is 0 Å². The number of phenolic OH excluding ortho intramolecular Hbond substituents is 1. The molecule has 1 aromatic carbocycles. The fourth-order valence-electron chi connectivity index (χ4n) is 0.894. The fourth-order valence-corrected chi connectivity index (χ4v) is 0.894. The molecule has 11 heavy (non-hydrogen) atoms. The Labute approximate surface area is 64.7 Å². The number of hydrogen-bond donors (Lipinski definition) is 2. The van der Waals surface area contributed by atoms with E-state index >= 15 is 0 Å². The van der Waals surface area contributed by atoms with Crippen LogP contribution in [-0.2, 0) is 6.54 Å². The average Bonchev–Trinajstić information content (AvgIpc) is 2.04. The molecule has 0 fully saturated rings. The maximum Gasteiger partial charge on any atom is 0.121 e. The molecule has 0 saturated heterocycles. The van der Waals surface area contributed by atoms with Gasteiger partial charge in [-0.1, -0.05) is 6.07 Å². The van der Waals surface area contributed by atoms with Crippen LogP contribution >= 0.6 is 0 Å². The van der Waals surface area contributed by atoms with E-state index in [0.29, 0.717) is 11.1 Å². The van der Waals surface area contributed by atoms with Crippen molar-refractivity contribution in [3.05, 3.63) is 29.3 Å². The molecule has 0 bridgehead atoms. The topological polar surface area (TPSA) is 70.0 Å². The number of aromatic hydroxyl groups is 1. The van der Waals surface area contributed by atoms with Crippen LogP contribution in [0.25, 0.3) is 0 Å². The van der Waals surface area contributed by atoms with Gasteiger partial charge in [-0.25, -0.2) is 0 Å². The minimum absolute atomic E-state index is 0.0894. The van der Waals surface area contributed by atoms with E-state index in [1.165, 1.54) is 6.07 Å². The third-order valence-corrected chi connectivity index (χ3v) is 1.48. The highest BCUT2D eigenvalue weighted by Crippen LogP contribution is 2.18. The van der Waals surface area contributed by atoms with E-state index in [2.05, 4.69) is 0 Å². The lowest BCUT2D eigenvalue weighted by Crippen LogP contribution is -1.99. The molecule has 0 atom stereocenters. The standard InChI is InChI=1S/C8H8N2O/c9-4-6-2-1-3-8(11)7(6)5-10/h1-3,11H,5,10H2. The van der Waals surface area contributed by atoms with Crippen LogP contribution in [0.3, 0.4) is 0 Å². The fraction of sp³-hybridized carbons (Fsp3) is 0.125. The summed E-state index contributed by atoms with van der Waals surface area (Å²) < 4.78 is 0. The summed E-state index contributed by atoms with van der Waals surface area (Å²) in [4.78, 5) is 0. The molecular formula is C8H8N2O. The number of nitrogens with zero attached hydrogens (tertiary/aromatic N) is 1. The Morgan fingerprint density at radius 3 is 2.73 bits per heavy atom. The summed E-state index contributed by atoms with van der Waals surface area (Å²) in [5.74, 6) is 0.0894. The third-order valence-electron chi connectivity index (χ3n) is 1.48. The molecule has 0 spiro atoms. The molecule has 1 rings (SSSR count). The van der Waals surface area contributed by atoms with Gasteiger partial charge in [0, 0.05) is 12.1 Å². The minimum Gasteiger partial charge on any atom is -0.508 e. The summed E-state index contributed by atoms with van der Waals surface area (Å²) in [6.07, 6.45) is 0. The van der Waals surface area contributed by atoms with Gasteiger partial charge in [0.2, 0.25) is 0 Å². The van der Waals surface area contributed by atoms with Crippen molar-refractivity contribution >= 4 is 0 Å². The zero-order valence-corrected chi connectivity index (χ0v) is 5.91. The Balaban J connectivity index is 3.27. The molecule has 3 heteroatoms. The maximum absolute atomic E-state index is 9.19. The van der Waals surface area contributed by atoms with Gasteiger partial charge in [0.25, 0.3) is 0 Å². The number of nitriles is 1. The molecule has 0 heterocycles. The van der Waals surface area contributed by atoms with Crippen LogP contribution in [0, 0.1) is 11.3 Å². The largest absolute Gasteiger partial charge is 0.508 e. The highest BCUT2D eigenvalue weighted by Gasteiger charge is 2.03. The number of benzene rings is 1. The highest BCUT2D eigenvalue weighted by atomic mass is 16.3. The van der Waals surface area contributed by atoms with Crippen LogP contribution in [0.5, 0.6) is 5.75 Å². The van der Waals surface area contributed by atoms with E-state index in [-0.39, 0.29) is 12.3 Å². The molecule has 0 saturated carbocycles. The Hall–Kier alpha value is -1.53. The van der Waals surface area contributed by atoms with Crippen molar-refractivity contribution < 1.29 is 5.11 Å². The first-order valence-corrected chi connectivity index (χ1v) is 3.20. The van der Waals surface area contributed by atoms with Gasteiger partial charge in [0.15, 0.2) is 0 Å². The Bertz CT molecular complexity index is 301. The van der Waals surface area contributed by atoms with Gasteiger partial charge in [-0.2, -0.15) is 5.26 Å². The summed E-state index contributed by atoms with van der Waals surface area (Å²) >= 11 is 0. The van der Waals surface area contributed by atoms with E-state index < -0.39 is 0 Å². The van der Waals surface area contributed by atoms with Crippen molar-refractivity contribution in [2.45, 2.75) is 6.54 Å². The highest BCUT2D eigenvalue weighted by molar-refractivity contribution is 5.45. The molecule has 0 aromatic heterocycles. The van der Waals surface area contributed by atoms with E-state index in [1.54, 1.807) is 12.1 Å². The van der Waals surface area contributed by atoms with Crippen LogP contribution in [-0.4, -0.2) is 5.11 Å². The molecule has 0 aliphatic heterocycles. The molecule has 1 aromatic rings. The predicted octanol–water partition coefficient (Wildman–Crippen LogP) is 0.723.